The fourth-order valence-electron chi connectivity index (χ4n) is 1.95. The summed E-state index contributed by atoms with van der Waals surface area (Å²) in [5, 5.41) is 4.57. The quantitative estimate of drug-likeness (QED) is 0.795. The van der Waals surface area contributed by atoms with Crippen molar-refractivity contribution in [2.75, 3.05) is 11.9 Å². The third-order valence-electron chi connectivity index (χ3n) is 2.96. The van der Waals surface area contributed by atoms with Crippen molar-refractivity contribution in [3.63, 3.8) is 0 Å². The second-order valence-electron chi connectivity index (χ2n) is 4.88. The summed E-state index contributed by atoms with van der Waals surface area (Å²) < 4.78 is 41.4. The van der Waals surface area contributed by atoms with Gasteiger partial charge in [-0.3, -0.25) is 4.79 Å². The van der Waals surface area contributed by atoms with E-state index in [4.69, 9.17) is 4.74 Å². The molecule has 0 radical (unpaired) electrons. The molecule has 1 aromatic carbocycles. The van der Waals surface area contributed by atoms with Crippen LogP contribution in [0.4, 0.5) is 18.9 Å². The molecule has 23 heavy (non-hydrogen) atoms. The van der Waals surface area contributed by atoms with E-state index in [1.165, 1.54) is 17.0 Å². The second-order valence-corrected chi connectivity index (χ2v) is 5.91. The first-order valence-corrected chi connectivity index (χ1v) is 7.93. The third-order valence-corrected chi connectivity index (χ3v) is 3.90. The Hall–Kier alpha value is -2.02. The SMILES string of the molecule is O=C(CCCc1cccs1)Nc1ccccc1OCC(F)(F)F. The number of hydrogen-bond donors (Lipinski definition) is 1. The van der Waals surface area contributed by atoms with Crippen LogP contribution in [0.1, 0.15) is 17.7 Å². The summed E-state index contributed by atoms with van der Waals surface area (Å²) in [7, 11) is 0. The van der Waals surface area contributed by atoms with Crippen molar-refractivity contribution < 1.29 is 22.7 Å². The summed E-state index contributed by atoms with van der Waals surface area (Å²) in [5.74, 6) is -0.235. The molecular weight excluding hydrogens is 327 g/mol. The van der Waals surface area contributed by atoms with Gasteiger partial charge in [-0.2, -0.15) is 13.2 Å². The van der Waals surface area contributed by atoms with E-state index < -0.39 is 12.8 Å². The van der Waals surface area contributed by atoms with E-state index in [0.717, 1.165) is 6.42 Å². The number of anilines is 1. The van der Waals surface area contributed by atoms with Crippen molar-refractivity contribution in [1.82, 2.24) is 0 Å². The van der Waals surface area contributed by atoms with Crippen molar-refractivity contribution in [3.8, 4) is 5.75 Å². The van der Waals surface area contributed by atoms with Crippen LogP contribution in [0.5, 0.6) is 5.75 Å². The standard InChI is InChI=1S/C16H16F3NO2S/c17-16(18,19)11-22-14-8-2-1-7-13(14)20-15(21)9-3-5-12-6-4-10-23-12/h1-2,4,6-8,10H,3,5,9,11H2,(H,20,21). The van der Waals surface area contributed by atoms with Crippen LogP contribution in [0.15, 0.2) is 41.8 Å². The number of thiophene rings is 1. The molecule has 0 unspecified atom stereocenters. The summed E-state index contributed by atoms with van der Waals surface area (Å²) in [6.45, 7) is -1.39. The molecule has 0 bridgehead atoms. The molecular formula is C16H16F3NO2S. The van der Waals surface area contributed by atoms with Crippen LogP contribution in [0, 0.1) is 0 Å². The van der Waals surface area contributed by atoms with Crippen LogP contribution in [-0.4, -0.2) is 18.7 Å². The number of para-hydroxylation sites is 2. The molecule has 0 aliphatic rings. The summed E-state index contributed by atoms with van der Waals surface area (Å²) in [6.07, 6.45) is -2.64. The van der Waals surface area contributed by atoms with Crippen LogP contribution in [-0.2, 0) is 11.2 Å². The van der Waals surface area contributed by atoms with E-state index in [2.05, 4.69) is 5.32 Å². The van der Waals surface area contributed by atoms with Crippen molar-refractivity contribution in [2.45, 2.75) is 25.4 Å². The highest BCUT2D eigenvalue weighted by Gasteiger charge is 2.28. The van der Waals surface area contributed by atoms with Crippen LogP contribution < -0.4 is 10.1 Å². The average molecular weight is 343 g/mol. The maximum Gasteiger partial charge on any atom is 0.422 e. The van der Waals surface area contributed by atoms with Gasteiger partial charge < -0.3 is 10.1 Å². The van der Waals surface area contributed by atoms with Gasteiger partial charge in [-0.15, -0.1) is 11.3 Å². The normalized spacial score (nSPS) is 11.3. The Labute approximate surface area is 136 Å². The minimum Gasteiger partial charge on any atom is -0.482 e. The lowest BCUT2D eigenvalue weighted by Gasteiger charge is -2.13. The van der Waals surface area contributed by atoms with E-state index in [-0.39, 0.29) is 17.3 Å². The lowest BCUT2D eigenvalue weighted by molar-refractivity contribution is -0.153. The average Bonchev–Trinajstić information content (AvgIpc) is 2.99. The predicted octanol–water partition coefficient (Wildman–Crippen LogP) is 4.65. The molecule has 124 valence electrons. The molecule has 0 saturated heterocycles. The van der Waals surface area contributed by atoms with E-state index in [0.29, 0.717) is 12.8 Å². The van der Waals surface area contributed by atoms with Gasteiger partial charge in [-0.05, 0) is 36.4 Å². The third kappa shape index (κ3) is 6.32. The van der Waals surface area contributed by atoms with Gasteiger partial charge in [-0.25, -0.2) is 0 Å². The molecule has 7 heteroatoms. The van der Waals surface area contributed by atoms with Crippen LogP contribution in [0.25, 0.3) is 0 Å². The van der Waals surface area contributed by atoms with Gasteiger partial charge >= 0.3 is 6.18 Å². The number of aryl methyl sites for hydroxylation is 1. The smallest absolute Gasteiger partial charge is 0.422 e. The Morgan fingerprint density at radius 1 is 1.17 bits per heavy atom. The van der Waals surface area contributed by atoms with Crippen molar-refractivity contribution in [1.29, 1.82) is 0 Å². The fraction of sp³-hybridized carbons (Fsp3) is 0.312. The van der Waals surface area contributed by atoms with Crippen molar-refractivity contribution >= 4 is 22.9 Å². The first-order chi connectivity index (χ1) is 10.9. The Morgan fingerprint density at radius 3 is 2.65 bits per heavy atom. The maximum absolute atomic E-state index is 12.2. The van der Waals surface area contributed by atoms with E-state index in [1.54, 1.807) is 23.5 Å². The number of alkyl halides is 3. The highest BCUT2D eigenvalue weighted by atomic mass is 32.1. The highest BCUT2D eigenvalue weighted by molar-refractivity contribution is 7.09. The van der Waals surface area contributed by atoms with Gasteiger partial charge in [0.1, 0.15) is 5.75 Å². The number of amides is 1. The molecule has 2 rings (SSSR count). The molecule has 0 aliphatic carbocycles. The topological polar surface area (TPSA) is 38.3 Å². The number of benzene rings is 1. The van der Waals surface area contributed by atoms with Crippen LogP contribution in [0.2, 0.25) is 0 Å². The number of hydrogen-bond acceptors (Lipinski definition) is 3. The molecule has 1 heterocycles. The molecule has 0 fully saturated rings. The number of carbonyl (C=O) groups excluding carboxylic acids is 1. The maximum atomic E-state index is 12.2. The lowest BCUT2D eigenvalue weighted by atomic mass is 10.2. The Balaban J connectivity index is 1.85. The Kier molecular flexibility index (Phi) is 6.04. The summed E-state index contributed by atoms with van der Waals surface area (Å²) in [4.78, 5) is 13.1. The first-order valence-electron chi connectivity index (χ1n) is 7.05. The Morgan fingerprint density at radius 2 is 1.96 bits per heavy atom. The number of nitrogens with one attached hydrogen (secondary N) is 1. The monoisotopic (exact) mass is 343 g/mol. The lowest BCUT2D eigenvalue weighted by Crippen LogP contribution is -2.20. The fourth-order valence-corrected chi connectivity index (χ4v) is 2.70. The number of carbonyl (C=O) groups is 1. The van der Waals surface area contributed by atoms with E-state index >= 15 is 0 Å². The van der Waals surface area contributed by atoms with Crippen molar-refractivity contribution in [2.24, 2.45) is 0 Å². The molecule has 3 nitrogen and oxygen atoms in total. The van der Waals surface area contributed by atoms with Crippen molar-refractivity contribution in [3.05, 3.63) is 46.7 Å². The first kappa shape index (κ1) is 17.3. The van der Waals surface area contributed by atoms with Gasteiger partial charge in [-0.1, -0.05) is 18.2 Å². The van der Waals surface area contributed by atoms with Gasteiger partial charge in [0.05, 0.1) is 5.69 Å². The zero-order chi connectivity index (χ0) is 16.7. The molecule has 2 aromatic rings. The van der Waals surface area contributed by atoms with Gasteiger partial charge in [0.2, 0.25) is 5.91 Å². The highest BCUT2D eigenvalue weighted by Crippen LogP contribution is 2.26. The molecule has 1 amide bonds. The number of ether oxygens (including phenoxy) is 1. The second kappa shape index (κ2) is 8.01. The summed E-state index contributed by atoms with van der Waals surface area (Å²) in [6, 6.07) is 10.0. The zero-order valence-corrected chi connectivity index (χ0v) is 13.0. The van der Waals surface area contributed by atoms with Crippen LogP contribution >= 0.6 is 11.3 Å². The molecule has 0 aliphatic heterocycles. The van der Waals surface area contributed by atoms with Gasteiger partial charge in [0, 0.05) is 11.3 Å². The number of rotatable bonds is 7. The zero-order valence-electron chi connectivity index (χ0n) is 12.2. The molecule has 1 N–H and O–H groups in total. The minimum absolute atomic E-state index is 0.0106. The Bertz CT molecular complexity index is 627. The molecule has 0 atom stereocenters. The van der Waals surface area contributed by atoms with E-state index in [9.17, 15) is 18.0 Å². The summed E-state index contributed by atoms with van der Waals surface area (Å²) >= 11 is 1.63. The molecule has 0 saturated carbocycles. The predicted molar refractivity (Wildman–Crippen MR) is 83.9 cm³/mol. The van der Waals surface area contributed by atoms with Crippen LogP contribution in [0.3, 0.4) is 0 Å². The molecule has 0 spiro atoms. The van der Waals surface area contributed by atoms with Gasteiger partial charge in [0.15, 0.2) is 6.61 Å². The minimum atomic E-state index is -4.42. The van der Waals surface area contributed by atoms with Gasteiger partial charge in [0.25, 0.3) is 0 Å². The summed E-state index contributed by atoms with van der Waals surface area (Å²) in [5.41, 5.74) is 0.248. The largest absolute Gasteiger partial charge is 0.482 e. The number of halogens is 3. The van der Waals surface area contributed by atoms with E-state index in [1.807, 2.05) is 17.5 Å². The molecule has 1 aromatic heterocycles.